The van der Waals surface area contributed by atoms with E-state index in [1.54, 1.807) is 11.8 Å². The van der Waals surface area contributed by atoms with Gasteiger partial charge in [-0.25, -0.2) is 0 Å². The predicted octanol–water partition coefficient (Wildman–Crippen LogP) is 3.61. The van der Waals surface area contributed by atoms with Crippen LogP contribution in [0, 0.1) is 17.8 Å². The second-order valence-electron chi connectivity index (χ2n) is 5.43. The van der Waals surface area contributed by atoms with Crippen molar-refractivity contribution >= 4 is 0 Å². The highest BCUT2D eigenvalue weighted by Gasteiger charge is 2.26. The van der Waals surface area contributed by atoms with E-state index in [0.717, 1.165) is 30.7 Å². The molecule has 2 rings (SSSR count). The van der Waals surface area contributed by atoms with Crippen LogP contribution in [-0.2, 0) is 6.54 Å². The van der Waals surface area contributed by atoms with Crippen molar-refractivity contribution in [3.05, 3.63) is 35.8 Å². The van der Waals surface area contributed by atoms with Gasteiger partial charge in [0.25, 0.3) is 0 Å². The predicted molar refractivity (Wildman–Crippen MR) is 70.6 cm³/mol. The van der Waals surface area contributed by atoms with Crippen LogP contribution in [0.5, 0.6) is 0 Å². The highest BCUT2D eigenvalue weighted by Crippen LogP contribution is 2.32. The molecule has 94 valence electrons. The van der Waals surface area contributed by atoms with E-state index in [-0.39, 0.29) is 0 Å². The number of furan rings is 1. The van der Waals surface area contributed by atoms with Gasteiger partial charge in [0.1, 0.15) is 5.76 Å². The number of hydrogen-bond acceptors (Lipinski definition) is 2. The molecule has 0 saturated heterocycles. The first-order valence-corrected chi connectivity index (χ1v) is 6.57. The molecule has 0 aliphatic heterocycles. The van der Waals surface area contributed by atoms with Gasteiger partial charge in [0.2, 0.25) is 0 Å². The Labute approximate surface area is 104 Å². The second kappa shape index (κ2) is 5.54. The maximum absolute atomic E-state index is 5.32. The molecule has 0 amide bonds. The van der Waals surface area contributed by atoms with E-state index in [9.17, 15) is 0 Å². The molecule has 0 spiro atoms. The van der Waals surface area contributed by atoms with Crippen LogP contribution in [0.25, 0.3) is 0 Å². The third-order valence-corrected chi connectivity index (χ3v) is 3.86. The number of hydrogen-bond donors (Lipinski definition) is 1. The SMILES string of the molecule is CC1=C[C@H](C)[C@@H](CNCc2ccco2)[C@@H](C)C1. The highest BCUT2D eigenvalue weighted by atomic mass is 16.3. The smallest absolute Gasteiger partial charge is 0.117 e. The molecule has 0 aromatic carbocycles. The molecule has 1 N–H and O–H groups in total. The van der Waals surface area contributed by atoms with Crippen LogP contribution in [0.4, 0.5) is 0 Å². The Kier molecular flexibility index (Phi) is 4.06. The van der Waals surface area contributed by atoms with E-state index in [4.69, 9.17) is 4.42 Å². The van der Waals surface area contributed by atoms with Crippen molar-refractivity contribution in [2.24, 2.45) is 17.8 Å². The van der Waals surface area contributed by atoms with Crippen molar-refractivity contribution < 1.29 is 4.42 Å². The Morgan fingerprint density at radius 2 is 2.24 bits per heavy atom. The van der Waals surface area contributed by atoms with Crippen molar-refractivity contribution in [1.29, 1.82) is 0 Å². The maximum atomic E-state index is 5.32. The minimum atomic E-state index is 0.683. The van der Waals surface area contributed by atoms with Gasteiger partial charge < -0.3 is 9.73 Å². The van der Waals surface area contributed by atoms with Gasteiger partial charge in [-0.2, -0.15) is 0 Å². The lowest BCUT2D eigenvalue weighted by atomic mass is 9.75. The van der Waals surface area contributed by atoms with Gasteiger partial charge >= 0.3 is 0 Å². The van der Waals surface area contributed by atoms with E-state index in [1.807, 2.05) is 12.1 Å². The molecule has 1 aromatic rings. The molecular formula is C15H23NO. The first-order valence-electron chi connectivity index (χ1n) is 6.57. The average Bonchev–Trinajstić information content (AvgIpc) is 2.74. The molecule has 1 aliphatic rings. The lowest BCUT2D eigenvalue weighted by Crippen LogP contribution is -2.33. The molecule has 1 aromatic heterocycles. The summed E-state index contributed by atoms with van der Waals surface area (Å²) in [5.41, 5.74) is 1.55. The van der Waals surface area contributed by atoms with Gasteiger partial charge in [-0.3, -0.25) is 0 Å². The summed E-state index contributed by atoms with van der Waals surface area (Å²) in [6, 6.07) is 3.96. The normalized spacial score (nSPS) is 29.1. The average molecular weight is 233 g/mol. The van der Waals surface area contributed by atoms with Crippen molar-refractivity contribution in [1.82, 2.24) is 5.32 Å². The molecule has 0 saturated carbocycles. The Morgan fingerprint density at radius 3 is 2.88 bits per heavy atom. The standard InChI is InChI=1S/C15H23NO/c1-11-7-12(2)15(13(3)8-11)10-16-9-14-5-4-6-17-14/h4-7,12-13,15-16H,8-10H2,1-3H3/t12-,13-,15+/m0/s1. The van der Waals surface area contributed by atoms with Gasteiger partial charge in [0.05, 0.1) is 12.8 Å². The number of rotatable bonds is 4. The maximum Gasteiger partial charge on any atom is 0.117 e. The number of allylic oxidation sites excluding steroid dienone is 2. The van der Waals surface area contributed by atoms with Crippen molar-refractivity contribution in [3.63, 3.8) is 0 Å². The summed E-state index contributed by atoms with van der Waals surface area (Å²) in [5.74, 6) is 3.23. The van der Waals surface area contributed by atoms with Crippen LogP contribution in [0.1, 0.15) is 33.0 Å². The van der Waals surface area contributed by atoms with Gasteiger partial charge in [0.15, 0.2) is 0 Å². The van der Waals surface area contributed by atoms with Crippen LogP contribution in [0.3, 0.4) is 0 Å². The summed E-state index contributed by atoms with van der Waals surface area (Å²) in [4.78, 5) is 0. The lowest BCUT2D eigenvalue weighted by Gasteiger charge is -2.33. The Bertz CT molecular complexity index is 366. The van der Waals surface area contributed by atoms with Crippen LogP contribution in [0.15, 0.2) is 34.5 Å². The number of nitrogens with one attached hydrogen (secondary N) is 1. The zero-order valence-corrected chi connectivity index (χ0v) is 11.1. The molecular weight excluding hydrogens is 210 g/mol. The summed E-state index contributed by atoms with van der Waals surface area (Å²) >= 11 is 0. The van der Waals surface area contributed by atoms with Crippen LogP contribution in [-0.4, -0.2) is 6.54 Å². The fraction of sp³-hybridized carbons (Fsp3) is 0.600. The first-order chi connectivity index (χ1) is 8.16. The topological polar surface area (TPSA) is 25.2 Å². The molecule has 2 nitrogen and oxygen atoms in total. The molecule has 0 bridgehead atoms. The summed E-state index contributed by atoms with van der Waals surface area (Å²) in [7, 11) is 0. The molecule has 0 fully saturated rings. The zero-order valence-electron chi connectivity index (χ0n) is 11.1. The largest absolute Gasteiger partial charge is 0.468 e. The quantitative estimate of drug-likeness (QED) is 0.804. The molecule has 0 unspecified atom stereocenters. The Morgan fingerprint density at radius 1 is 1.41 bits per heavy atom. The Hall–Kier alpha value is -1.02. The van der Waals surface area contributed by atoms with Crippen LogP contribution >= 0.6 is 0 Å². The second-order valence-corrected chi connectivity index (χ2v) is 5.43. The highest BCUT2D eigenvalue weighted by molar-refractivity contribution is 5.08. The third kappa shape index (κ3) is 3.22. The monoisotopic (exact) mass is 233 g/mol. The third-order valence-electron chi connectivity index (χ3n) is 3.86. The van der Waals surface area contributed by atoms with Crippen LogP contribution in [0.2, 0.25) is 0 Å². The zero-order chi connectivity index (χ0) is 12.3. The van der Waals surface area contributed by atoms with Crippen molar-refractivity contribution in [3.8, 4) is 0 Å². The minimum absolute atomic E-state index is 0.683. The van der Waals surface area contributed by atoms with E-state index in [0.29, 0.717) is 5.92 Å². The van der Waals surface area contributed by atoms with Gasteiger partial charge in [-0.1, -0.05) is 25.5 Å². The molecule has 1 heterocycles. The summed E-state index contributed by atoms with van der Waals surface area (Å²) in [6.07, 6.45) is 5.41. The van der Waals surface area contributed by atoms with E-state index in [1.165, 1.54) is 6.42 Å². The molecule has 1 aliphatic carbocycles. The van der Waals surface area contributed by atoms with E-state index in [2.05, 4.69) is 32.2 Å². The Balaban J connectivity index is 1.82. The van der Waals surface area contributed by atoms with Gasteiger partial charge in [-0.05, 0) is 49.8 Å². The molecule has 17 heavy (non-hydrogen) atoms. The molecule has 2 heteroatoms. The fourth-order valence-corrected chi connectivity index (χ4v) is 2.98. The van der Waals surface area contributed by atoms with Crippen LogP contribution < -0.4 is 5.32 Å². The lowest BCUT2D eigenvalue weighted by molar-refractivity contribution is 0.258. The first kappa shape index (κ1) is 12.4. The molecule has 3 atom stereocenters. The van der Waals surface area contributed by atoms with Gasteiger partial charge in [0, 0.05) is 0 Å². The summed E-state index contributed by atoms with van der Waals surface area (Å²) < 4.78 is 5.32. The fourth-order valence-electron chi connectivity index (χ4n) is 2.98. The summed E-state index contributed by atoms with van der Waals surface area (Å²) in [6.45, 7) is 8.86. The van der Waals surface area contributed by atoms with Crippen molar-refractivity contribution in [2.45, 2.75) is 33.7 Å². The van der Waals surface area contributed by atoms with Crippen molar-refractivity contribution in [2.75, 3.05) is 6.54 Å². The molecule has 0 radical (unpaired) electrons. The van der Waals surface area contributed by atoms with Gasteiger partial charge in [-0.15, -0.1) is 0 Å². The van der Waals surface area contributed by atoms with E-state index < -0.39 is 0 Å². The van der Waals surface area contributed by atoms with E-state index >= 15 is 0 Å². The summed E-state index contributed by atoms with van der Waals surface area (Å²) in [5, 5.41) is 3.51. The minimum Gasteiger partial charge on any atom is -0.468 e.